The Labute approximate surface area is 77.4 Å². The van der Waals surface area contributed by atoms with Gasteiger partial charge in [-0.3, -0.25) is 4.40 Å². The number of aryl methyl sites for hydroxylation is 1. The van der Waals surface area contributed by atoms with Crippen LogP contribution in [0.2, 0.25) is 0 Å². The fourth-order valence-corrected chi connectivity index (χ4v) is 1.39. The minimum absolute atomic E-state index is 0.544. The van der Waals surface area contributed by atoms with Gasteiger partial charge in [-0.15, -0.1) is 10.2 Å². The van der Waals surface area contributed by atoms with Crippen molar-refractivity contribution < 1.29 is 0 Å². The van der Waals surface area contributed by atoms with Crippen LogP contribution in [0.1, 0.15) is 31.2 Å². The monoisotopic (exact) mass is 175 g/mol. The quantitative estimate of drug-likeness (QED) is 0.664. The normalized spacial score (nSPS) is 11.4. The zero-order valence-electron chi connectivity index (χ0n) is 8.15. The van der Waals surface area contributed by atoms with E-state index in [0.29, 0.717) is 5.92 Å². The first-order valence-corrected chi connectivity index (χ1v) is 4.50. The highest BCUT2D eigenvalue weighted by molar-refractivity contribution is 5.41. The number of nitrogens with zero attached hydrogens (tertiary/aromatic N) is 3. The first-order chi connectivity index (χ1) is 6.18. The molecule has 2 rings (SSSR count). The standard InChI is InChI=1S/C10H13N3/c1-7(2)9-4-5-13-8(3)11-12-10(13)6-9/h4-7H,1-3H3. The van der Waals surface area contributed by atoms with Crippen LogP contribution in [0.15, 0.2) is 18.3 Å². The number of pyridine rings is 1. The van der Waals surface area contributed by atoms with Crippen molar-refractivity contribution in [1.82, 2.24) is 14.6 Å². The van der Waals surface area contributed by atoms with Crippen LogP contribution in [0.5, 0.6) is 0 Å². The predicted molar refractivity (Wildman–Crippen MR) is 51.8 cm³/mol. The average molecular weight is 175 g/mol. The van der Waals surface area contributed by atoms with Crippen LogP contribution in [-0.2, 0) is 0 Å². The lowest BCUT2D eigenvalue weighted by atomic mass is 10.1. The van der Waals surface area contributed by atoms with Gasteiger partial charge < -0.3 is 0 Å². The fourth-order valence-electron chi connectivity index (χ4n) is 1.39. The molecule has 0 fully saturated rings. The van der Waals surface area contributed by atoms with Crippen molar-refractivity contribution in [2.45, 2.75) is 26.7 Å². The summed E-state index contributed by atoms with van der Waals surface area (Å²) in [6.07, 6.45) is 2.03. The third-order valence-corrected chi connectivity index (χ3v) is 2.27. The van der Waals surface area contributed by atoms with Crippen molar-refractivity contribution in [1.29, 1.82) is 0 Å². The number of fused-ring (bicyclic) bond motifs is 1. The molecule has 0 amide bonds. The third-order valence-electron chi connectivity index (χ3n) is 2.27. The molecule has 13 heavy (non-hydrogen) atoms. The highest BCUT2D eigenvalue weighted by atomic mass is 15.2. The van der Waals surface area contributed by atoms with Crippen LogP contribution in [0.3, 0.4) is 0 Å². The van der Waals surface area contributed by atoms with E-state index < -0.39 is 0 Å². The molecule has 0 aliphatic heterocycles. The summed E-state index contributed by atoms with van der Waals surface area (Å²) in [5, 5.41) is 8.08. The summed E-state index contributed by atoms with van der Waals surface area (Å²) in [5.41, 5.74) is 2.24. The Morgan fingerprint density at radius 2 is 2.08 bits per heavy atom. The molecule has 0 unspecified atom stereocenters. The molecular formula is C10H13N3. The minimum atomic E-state index is 0.544. The van der Waals surface area contributed by atoms with Crippen molar-refractivity contribution in [3.05, 3.63) is 29.7 Å². The van der Waals surface area contributed by atoms with Gasteiger partial charge in [-0.05, 0) is 30.5 Å². The molecule has 3 heteroatoms. The molecule has 0 atom stereocenters. The van der Waals surface area contributed by atoms with E-state index in [9.17, 15) is 0 Å². The summed E-state index contributed by atoms with van der Waals surface area (Å²) in [4.78, 5) is 0. The fraction of sp³-hybridized carbons (Fsp3) is 0.400. The van der Waals surface area contributed by atoms with E-state index in [1.807, 2.05) is 17.5 Å². The zero-order chi connectivity index (χ0) is 9.42. The molecular weight excluding hydrogens is 162 g/mol. The lowest BCUT2D eigenvalue weighted by Gasteiger charge is -2.04. The molecule has 3 nitrogen and oxygen atoms in total. The highest BCUT2D eigenvalue weighted by Gasteiger charge is 2.03. The average Bonchev–Trinajstić information content (AvgIpc) is 2.47. The van der Waals surface area contributed by atoms with Gasteiger partial charge >= 0.3 is 0 Å². The Hall–Kier alpha value is -1.38. The van der Waals surface area contributed by atoms with Gasteiger partial charge in [0.2, 0.25) is 0 Å². The maximum absolute atomic E-state index is 4.07. The van der Waals surface area contributed by atoms with E-state index >= 15 is 0 Å². The zero-order valence-corrected chi connectivity index (χ0v) is 8.15. The number of aromatic nitrogens is 3. The lowest BCUT2D eigenvalue weighted by Crippen LogP contribution is -1.92. The second-order valence-corrected chi connectivity index (χ2v) is 3.59. The number of rotatable bonds is 1. The molecule has 0 aliphatic carbocycles. The molecule has 0 aromatic carbocycles. The molecule has 2 heterocycles. The molecule has 0 saturated carbocycles. The van der Waals surface area contributed by atoms with E-state index in [-0.39, 0.29) is 0 Å². The molecule has 0 aliphatic rings. The van der Waals surface area contributed by atoms with Crippen LogP contribution >= 0.6 is 0 Å². The summed E-state index contributed by atoms with van der Waals surface area (Å²) in [5.74, 6) is 1.48. The molecule has 0 N–H and O–H groups in total. The van der Waals surface area contributed by atoms with Crippen LogP contribution in [-0.4, -0.2) is 14.6 Å². The Morgan fingerprint density at radius 1 is 1.31 bits per heavy atom. The van der Waals surface area contributed by atoms with E-state index in [0.717, 1.165) is 11.5 Å². The van der Waals surface area contributed by atoms with Crippen LogP contribution < -0.4 is 0 Å². The summed E-state index contributed by atoms with van der Waals surface area (Å²) in [7, 11) is 0. The van der Waals surface area contributed by atoms with Crippen molar-refractivity contribution in [2.24, 2.45) is 0 Å². The van der Waals surface area contributed by atoms with Crippen molar-refractivity contribution >= 4 is 5.65 Å². The predicted octanol–water partition coefficient (Wildman–Crippen LogP) is 2.16. The van der Waals surface area contributed by atoms with Crippen LogP contribution in [0, 0.1) is 6.92 Å². The van der Waals surface area contributed by atoms with E-state index in [1.54, 1.807) is 0 Å². The molecule has 0 radical (unpaired) electrons. The maximum Gasteiger partial charge on any atom is 0.161 e. The first-order valence-electron chi connectivity index (χ1n) is 4.50. The molecule has 0 saturated heterocycles. The molecule has 0 bridgehead atoms. The number of hydrogen-bond donors (Lipinski definition) is 0. The van der Waals surface area contributed by atoms with Crippen molar-refractivity contribution in [2.75, 3.05) is 0 Å². The van der Waals surface area contributed by atoms with Gasteiger partial charge in [0.15, 0.2) is 5.65 Å². The van der Waals surface area contributed by atoms with Gasteiger partial charge in [-0.2, -0.15) is 0 Å². The summed E-state index contributed by atoms with van der Waals surface area (Å²) < 4.78 is 1.99. The van der Waals surface area contributed by atoms with Gasteiger partial charge in [0, 0.05) is 6.20 Å². The van der Waals surface area contributed by atoms with E-state index in [2.05, 4.69) is 36.2 Å². The maximum atomic E-state index is 4.07. The Kier molecular flexibility index (Phi) is 1.79. The van der Waals surface area contributed by atoms with Crippen LogP contribution in [0.4, 0.5) is 0 Å². The van der Waals surface area contributed by atoms with Crippen molar-refractivity contribution in [3.63, 3.8) is 0 Å². The smallest absolute Gasteiger partial charge is 0.161 e. The molecule has 2 aromatic heterocycles. The van der Waals surface area contributed by atoms with Gasteiger partial charge in [0.1, 0.15) is 5.82 Å². The Balaban J connectivity index is 2.63. The number of hydrogen-bond acceptors (Lipinski definition) is 2. The summed E-state index contributed by atoms with van der Waals surface area (Å²) in [6, 6.07) is 4.21. The second-order valence-electron chi connectivity index (χ2n) is 3.59. The van der Waals surface area contributed by atoms with Crippen LogP contribution in [0.25, 0.3) is 5.65 Å². The second kappa shape index (κ2) is 2.83. The highest BCUT2D eigenvalue weighted by Crippen LogP contribution is 2.15. The Morgan fingerprint density at radius 3 is 2.77 bits per heavy atom. The van der Waals surface area contributed by atoms with E-state index in [4.69, 9.17) is 0 Å². The largest absolute Gasteiger partial charge is 0.287 e. The summed E-state index contributed by atoms with van der Waals surface area (Å²) in [6.45, 7) is 6.30. The van der Waals surface area contributed by atoms with Gasteiger partial charge in [-0.1, -0.05) is 13.8 Å². The van der Waals surface area contributed by atoms with Gasteiger partial charge in [0.05, 0.1) is 0 Å². The molecule has 2 aromatic rings. The SMILES string of the molecule is Cc1nnc2cc(C(C)C)ccn12. The summed E-state index contributed by atoms with van der Waals surface area (Å²) >= 11 is 0. The topological polar surface area (TPSA) is 30.2 Å². The lowest BCUT2D eigenvalue weighted by molar-refractivity contribution is 0.861. The van der Waals surface area contributed by atoms with E-state index in [1.165, 1.54) is 5.56 Å². The van der Waals surface area contributed by atoms with Crippen molar-refractivity contribution in [3.8, 4) is 0 Å². The Bertz CT molecular complexity index is 429. The third kappa shape index (κ3) is 1.30. The molecule has 0 spiro atoms. The molecule has 68 valence electrons. The first kappa shape index (κ1) is 8.23. The van der Waals surface area contributed by atoms with Gasteiger partial charge in [-0.25, -0.2) is 0 Å². The minimum Gasteiger partial charge on any atom is -0.287 e. The van der Waals surface area contributed by atoms with Gasteiger partial charge in [0.25, 0.3) is 0 Å².